The van der Waals surface area contributed by atoms with Gasteiger partial charge in [0.25, 0.3) is 0 Å². The minimum atomic E-state index is -4.36. The van der Waals surface area contributed by atoms with Crippen LogP contribution in [0.4, 0.5) is 13.2 Å². The van der Waals surface area contributed by atoms with Crippen LogP contribution in [-0.4, -0.2) is 39.9 Å². The van der Waals surface area contributed by atoms with E-state index < -0.39 is 11.7 Å². The summed E-state index contributed by atoms with van der Waals surface area (Å²) in [7, 11) is 0. The maximum absolute atomic E-state index is 12.9. The van der Waals surface area contributed by atoms with E-state index in [0.29, 0.717) is 5.69 Å². The Morgan fingerprint density at radius 3 is 2.31 bits per heavy atom. The number of likely N-dealkylation sites (tertiary alicyclic amines) is 1. The Balaban J connectivity index is 1.50. The summed E-state index contributed by atoms with van der Waals surface area (Å²) in [5.41, 5.74) is 0.785. The predicted molar refractivity (Wildman–Crippen MR) is 101 cm³/mol. The maximum atomic E-state index is 12.9. The van der Waals surface area contributed by atoms with Gasteiger partial charge in [0.05, 0.1) is 23.5 Å². The number of benzene rings is 1. The first-order chi connectivity index (χ1) is 13.9. The van der Waals surface area contributed by atoms with Gasteiger partial charge in [0.15, 0.2) is 0 Å². The third-order valence-electron chi connectivity index (χ3n) is 5.61. The van der Waals surface area contributed by atoms with Crippen molar-refractivity contribution in [2.75, 3.05) is 13.1 Å². The molecule has 1 saturated carbocycles. The molecule has 1 aliphatic carbocycles. The molecular weight excluding hydrogens is 381 g/mol. The molecule has 29 heavy (non-hydrogen) atoms. The van der Waals surface area contributed by atoms with Crippen molar-refractivity contribution in [1.82, 2.24) is 20.2 Å². The topological polar surface area (TPSA) is 58.1 Å². The summed E-state index contributed by atoms with van der Waals surface area (Å²) in [5, 5.41) is 3.13. The van der Waals surface area contributed by atoms with Crippen molar-refractivity contribution in [1.29, 1.82) is 0 Å². The first kappa shape index (κ1) is 19.8. The number of aromatic nitrogens is 2. The van der Waals surface area contributed by atoms with Gasteiger partial charge in [-0.05, 0) is 43.4 Å². The van der Waals surface area contributed by atoms with Gasteiger partial charge in [0, 0.05) is 37.4 Å². The highest BCUT2D eigenvalue weighted by atomic mass is 19.4. The lowest BCUT2D eigenvalue weighted by molar-refractivity contribution is -0.137. The zero-order valence-electron chi connectivity index (χ0n) is 15.9. The summed E-state index contributed by atoms with van der Waals surface area (Å²) < 4.78 is 38.8. The smallest absolute Gasteiger partial charge is 0.353 e. The Labute approximate surface area is 167 Å². The van der Waals surface area contributed by atoms with Crippen molar-refractivity contribution in [2.24, 2.45) is 5.92 Å². The number of hydrogen-bond donors (Lipinski definition) is 1. The Kier molecular flexibility index (Phi) is 5.54. The van der Waals surface area contributed by atoms with Gasteiger partial charge in [-0.2, -0.15) is 13.2 Å². The number of nitrogens with zero attached hydrogens (tertiary/aromatic N) is 3. The molecule has 8 heteroatoms. The molecule has 4 rings (SSSR count). The number of carbonyl (C=O) groups is 1. The van der Waals surface area contributed by atoms with Gasteiger partial charge in [-0.1, -0.05) is 12.1 Å². The predicted octanol–water partition coefficient (Wildman–Crippen LogP) is 3.58. The molecule has 1 unspecified atom stereocenters. The minimum absolute atomic E-state index is 0.148. The summed E-state index contributed by atoms with van der Waals surface area (Å²) in [5.74, 6) is 0.337. The minimum Gasteiger partial charge on any atom is -0.353 e. The van der Waals surface area contributed by atoms with Gasteiger partial charge < -0.3 is 5.32 Å². The Hall–Kier alpha value is -2.48. The number of piperidine rings is 1. The van der Waals surface area contributed by atoms with Crippen LogP contribution < -0.4 is 5.32 Å². The second-order valence-corrected chi connectivity index (χ2v) is 7.75. The molecule has 2 aromatic rings. The van der Waals surface area contributed by atoms with Gasteiger partial charge in [-0.25, -0.2) is 0 Å². The van der Waals surface area contributed by atoms with Crippen molar-refractivity contribution in [3.05, 3.63) is 59.7 Å². The zero-order chi connectivity index (χ0) is 20.4. The molecule has 1 amide bonds. The monoisotopic (exact) mass is 404 g/mol. The molecule has 1 aliphatic heterocycles. The van der Waals surface area contributed by atoms with Crippen LogP contribution in [0.3, 0.4) is 0 Å². The third kappa shape index (κ3) is 4.75. The quantitative estimate of drug-likeness (QED) is 0.828. The Morgan fingerprint density at radius 2 is 1.76 bits per heavy atom. The van der Waals surface area contributed by atoms with Gasteiger partial charge >= 0.3 is 6.18 Å². The van der Waals surface area contributed by atoms with E-state index in [1.54, 1.807) is 18.6 Å². The van der Waals surface area contributed by atoms with Crippen LogP contribution in [0, 0.1) is 5.92 Å². The summed E-state index contributed by atoms with van der Waals surface area (Å²) in [4.78, 5) is 22.8. The van der Waals surface area contributed by atoms with E-state index in [0.717, 1.165) is 56.5 Å². The van der Waals surface area contributed by atoms with Crippen LogP contribution >= 0.6 is 0 Å². The molecule has 1 aromatic carbocycles. The molecule has 2 aliphatic rings. The highest BCUT2D eigenvalue weighted by Crippen LogP contribution is 2.34. The molecule has 0 bridgehead atoms. The zero-order valence-corrected chi connectivity index (χ0v) is 15.9. The van der Waals surface area contributed by atoms with Crippen molar-refractivity contribution in [3.8, 4) is 0 Å². The number of amides is 1. The molecule has 1 atom stereocenters. The third-order valence-corrected chi connectivity index (χ3v) is 5.61. The molecule has 1 N–H and O–H groups in total. The summed E-state index contributed by atoms with van der Waals surface area (Å²) in [6.07, 6.45) is 4.02. The summed E-state index contributed by atoms with van der Waals surface area (Å²) in [6.45, 7) is 1.44. The number of carbonyl (C=O) groups excluding carboxylic acids is 1. The molecular formula is C21H23F3N4O. The fourth-order valence-electron chi connectivity index (χ4n) is 3.84. The lowest BCUT2D eigenvalue weighted by Crippen LogP contribution is -2.46. The Bertz CT molecular complexity index is 829. The second kappa shape index (κ2) is 8.10. The fraction of sp³-hybridized carbons (Fsp3) is 0.476. The maximum Gasteiger partial charge on any atom is 0.416 e. The number of rotatable bonds is 5. The number of hydrogen-bond acceptors (Lipinski definition) is 4. The fourth-order valence-corrected chi connectivity index (χ4v) is 3.84. The Morgan fingerprint density at radius 1 is 1.07 bits per heavy atom. The molecule has 2 fully saturated rings. The van der Waals surface area contributed by atoms with Crippen molar-refractivity contribution in [3.63, 3.8) is 0 Å². The molecule has 0 spiro atoms. The normalized spacial score (nSPS) is 19.7. The van der Waals surface area contributed by atoms with Crippen molar-refractivity contribution >= 4 is 5.91 Å². The van der Waals surface area contributed by atoms with Crippen LogP contribution in [0.15, 0.2) is 42.9 Å². The molecule has 154 valence electrons. The SMILES string of the molecule is O=C(NC1CCN(C(c2ccc(C(F)(F)F)cc2)c2cnccn2)CC1)C1CC1. The van der Waals surface area contributed by atoms with E-state index in [-0.39, 0.29) is 23.9 Å². The summed E-state index contributed by atoms with van der Waals surface area (Å²) in [6, 6.07) is 5.13. The first-order valence-corrected chi connectivity index (χ1v) is 9.89. The average Bonchev–Trinajstić information content (AvgIpc) is 3.56. The van der Waals surface area contributed by atoms with E-state index >= 15 is 0 Å². The van der Waals surface area contributed by atoms with Crippen molar-refractivity contribution < 1.29 is 18.0 Å². The van der Waals surface area contributed by atoms with Crippen LogP contribution in [0.25, 0.3) is 0 Å². The lowest BCUT2D eigenvalue weighted by atomic mass is 9.96. The molecule has 0 radical (unpaired) electrons. The number of halogens is 3. The number of alkyl halides is 3. The van der Waals surface area contributed by atoms with Crippen molar-refractivity contribution in [2.45, 2.75) is 43.9 Å². The van der Waals surface area contributed by atoms with Gasteiger partial charge in [-0.3, -0.25) is 19.7 Å². The molecule has 1 aromatic heterocycles. The van der Waals surface area contributed by atoms with E-state index in [4.69, 9.17) is 0 Å². The summed E-state index contributed by atoms with van der Waals surface area (Å²) >= 11 is 0. The second-order valence-electron chi connectivity index (χ2n) is 7.75. The van der Waals surface area contributed by atoms with Crippen LogP contribution in [-0.2, 0) is 11.0 Å². The highest BCUT2D eigenvalue weighted by molar-refractivity contribution is 5.81. The molecule has 1 saturated heterocycles. The van der Waals surface area contributed by atoms with Gasteiger partial charge in [-0.15, -0.1) is 0 Å². The standard InChI is InChI=1S/C21H23F3N4O/c22-21(23,24)16-5-3-14(4-6-16)19(18-13-25-9-10-26-18)28-11-7-17(8-12-28)27-20(29)15-1-2-15/h3-6,9-10,13,15,17,19H,1-2,7-8,11-12H2,(H,27,29). The van der Waals surface area contributed by atoms with Crippen LogP contribution in [0.1, 0.15) is 48.5 Å². The average molecular weight is 404 g/mol. The van der Waals surface area contributed by atoms with E-state index in [1.807, 2.05) is 0 Å². The van der Waals surface area contributed by atoms with E-state index in [9.17, 15) is 18.0 Å². The highest BCUT2D eigenvalue weighted by Gasteiger charge is 2.34. The lowest BCUT2D eigenvalue weighted by Gasteiger charge is -2.37. The molecule has 5 nitrogen and oxygen atoms in total. The van der Waals surface area contributed by atoms with Gasteiger partial charge in [0.1, 0.15) is 0 Å². The largest absolute Gasteiger partial charge is 0.416 e. The van der Waals surface area contributed by atoms with Gasteiger partial charge in [0.2, 0.25) is 5.91 Å². The van der Waals surface area contributed by atoms with Crippen LogP contribution in [0.2, 0.25) is 0 Å². The van der Waals surface area contributed by atoms with E-state index in [2.05, 4.69) is 20.2 Å². The van der Waals surface area contributed by atoms with E-state index in [1.165, 1.54) is 12.1 Å². The first-order valence-electron chi connectivity index (χ1n) is 9.89. The van der Waals surface area contributed by atoms with Crippen LogP contribution in [0.5, 0.6) is 0 Å². The number of nitrogens with one attached hydrogen (secondary N) is 1. The molecule has 2 heterocycles.